The Morgan fingerprint density at radius 2 is 2.23 bits per heavy atom. The van der Waals surface area contributed by atoms with Crippen molar-refractivity contribution in [2.24, 2.45) is 0 Å². The van der Waals surface area contributed by atoms with E-state index in [1.165, 1.54) is 12.1 Å². The van der Waals surface area contributed by atoms with E-state index in [0.29, 0.717) is 12.2 Å². The van der Waals surface area contributed by atoms with Gasteiger partial charge in [-0.2, -0.15) is 0 Å². The minimum atomic E-state index is -0.349. The number of morpholine rings is 1. The van der Waals surface area contributed by atoms with Crippen LogP contribution in [0.5, 0.6) is 0 Å². The van der Waals surface area contributed by atoms with E-state index >= 15 is 0 Å². The molecular weight excluding hydrogens is 353 g/mol. The molecule has 2 fully saturated rings. The molecule has 0 N–H and O–H groups in total. The fourth-order valence-electron chi connectivity index (χ4n) is 3.80. The van der Waals surface area contributed by atoms with E-state index in [0.717, 1.165) is 43.9 Å². The van der Waals surface area contributed by atoms with Gasteiger partial charge >= 0.3 is 0 Å². The van der Waals surface area contributed by atoms with Gasteiger partial charge < -0.3 is 9.64 Å². The molecule has 0 bridgehead atoms. The number of carbonyl (C=O) groups excluding carboxylic acids is 1. The van der Waals surface area contributed by atoms with Crippen molar-refractivity contribution in [2.75, 3.05) is 31.1 Å². The number of rotatable bonds is 3. The minimum Gasteiger partial charge on any atom is -0.363 e. The summed E-state index contributed by atoms with van der Waals surface area (Å²) in [6, 6.07) is 6.24. The number of amides is 1. The Morgan fingerprint density at radius 3 is 3.04 bits per heavy atom. The molecule has 1 atom stereocenters. The number of ether oxygens (including phenoxy) is 1. The van der Waals surface area contributed by atoms with Gasteiger partial charge in [0.1, 0.15) is 17.4 Å². The molecule has 5 nitrogen and oxygen atoms in total. The van der Waals surface area contributed by atoms with E-state index in [1.807, 2.05) is 11.6 Å². The van der Waals surface area contributed by atoms with Crippen molar-refractivity contribution in [2.45, 2.75) is 31.4 Å². The summed E-state index contributed by atoms with van der Waals surface area (Å²) in [5.41, 5.74) is 0.263. The predicted molar refractivity (Wildman–Crippen MR) is 98.7 cm³/mol. The van der Waals surface area contributed by atoms with Crippen molar-refractivity contribution >= 4 is 22.9 Å². The normalized spacial score (nSPS) is 24.8. The molecule has 3 heterocycles. The topological polar surface area (TPSA) is 45.7 Å². The highest BCUT2D eigenvalue weighted by molar-refractivity contribution is 7.09. The molecule has 2 aliphatic heterocycles. The van der Waals surface area contributed by atoms with Gasteiger partial charge in [0.2, 0.25) is 0 Å². The second-order valence-electron chi connectivity index (χ2n) is 6.99. The van der Waals surface area contributed by atoms with Crippen LogP contribution in [-0.2, 0) is 16.1 Å². The Morgan fingerprint density at radius 1 is 1.31 bits per heavy atom. The highest BCUT2D eigenvalue weighted by Gasteiger charge is 2.41. The Hall–Kier alpha value is -1.83. The van der Waals surface area contributed by atoms with Crippen molar-refractivity contribution in [1.82, 2.24) is 9.88 Å². The highest BCUT2D eigenvalue weighted by atomic mass is 32.1. The highest BCUT2D eigenvalue weighted by Crippen LogP contribution is 2.33. The Kier molecular flexibility index (Phi) is 5.02. The average Bonchev–Trinajstić information content (AvgIpc) is 3.07. The molecule has 1 amide bonds. The lowest BCUT2D eigenvalue weighted by Crippen LogP contribution is -2.55. The fraction of sp³-hybridized carbons (Fsp3) is 0.474. The van der Waals surface area contributed by atoms with E-state index in [9.17, 15) is 9.18 Å². The lowest BCUT2D eigenvalue weighted by molar-refractivity contribution is -0.140. The van der Waals surface area contributed by atoms with Crippen molar-refractivity contribution in [1.29, 1.82) is 0 Å². The van der Waals surface area contributed by atoms with Crippen LogP contribution in [0.3, 0.4) is 0 Å². The zero-order valence-corrected chi connectivity index (χ0v) is 15.4. The number of hydrogen-bond acceptors (Lipinski definition) is 5. The third-order valence-electron chi connectivity index (χ3n) is 5.20. The first kappa shape index (κ1) is 17.6. The summed E-state index contributed by atoms with van der Waals surface area (Å²) in [5, 5.41) is 3.13. The summed E-state index contributed by atoms with van der Waals surface area (Å²) in [6.45, 7) is 3.31. The van der Waals surface area contributed by atoms with Crippen LogP contribution in [0.15, 0.2) is 35.8 Å². The molecule has 2 aliphatic rings. The van der Waals surface area contributed by atoms with Crippen molar-refractivity contribution < 1.29 is 13.9 Å². The second kappa shape index (κ2) is 7.42. The molecule has 2 saturated heterocycles. The van der Waals surface area contributed by atoms with Crippen molar-refractivity contribution in [3.8, 4) is 0 Å². The molecule has 26 heavy (non-hydrogen) atoms. The maximum absolute atomic E-state index is 13.6. The van der Waals surface area contributed by atoms with Crippen molar-refractivity contribution in [3.63, 3.8) is 0 Å². The number of nitrogens with zero attached hydrogens (tertiary/aromatic N) is 3. The summed E-state index contributed by atoms with van der Waals surface area (Å²) in [6.07, 6.45) is 4.61. The molecule has 2 aromatic rings. The zero-order valence-electron chi connectivity index (χ0n) is 14.6. The predicted octanol–water partition coefficient (Wildman–Crippen LogP) is 3.07. The summed E-state index contributed by atoms with van der Waals surface area (Å²) in [5.74, 6) is -0.434. The lowest BCUT2D eigenvalue weighted by Gasteiger charge is -2.42. The smallest absolute Gasteiger partial charge is 0.253 e. The Labute approximate surface area is 156 Å². The molecule has 138 valence electrons. The number of likely N-dealkylation sites (tertiary alicyclic amines) is 1. The largest absolute Gasteiger partial charge is 0.363 e. The van der Waals surface area contributed by atoms with E-state index in [2.05, 4.69) is 9.88 Å². The maximum Gasteiger partial charge on any atom is 0.253 e. The second-order valence-corrected chi connectivity index (χ2v) is 7.97. The van der Waals surface area contributed by atoms with Gasteiger partial charge in [-0.05, 0) is 44.0 Å². The van der Waals surface area contributed by atoms with E-state index in [-0.39, 0.29) is 23.9 Å². The molecule has 1 aromatic carbocycles. The van der Waals surface area contributed by atoms with Gasteiger partial charge in [-0.1, -0.05) is 6.07 Å². The number of aromatic nitrogens is 1. The third-order valence-corrected chi connectivity index (χ3v) is 5.97. The zero-order chi connectivity index (χ0) is 18.0. The van der Waals surface area contributed by atoms with E-state index < -0.39 is 0 Å². The van der Waals surface area contributed by atoms with Crippen LogP contribution in [0.4, 0.5) is 10.1 Å². The van der Waals surface area contributed by atoms with Gasteiger partial charge in [-0.3, -0.25) is 9.69 Å². The first-order valence-corrected chi connectivity index (χ1v) is 9.82. The standard InChI is InChI=1S/C19H22FN3O2S/c20-15-3-1-4-16(11-15)23-14-19(25-13-18(23)24)5-2-8-22(9-6-19)12-17-21-7-10-26-17/h1,3-4,7,10-11H,2,5-6,8-9,12-14H2. The monoisotopic (exact) mass is 375 g/mol. The molecule has 4 rings (SSSR count). The summed E-state index contributed by atoms with van der Waals surface area (Å²) in [4.78, 5) is 20.8. The van der Waals surface area contributed by atoms with E-state index in [1.54, 1.807) is 28.4 Å². The maximum atomic E-state index is 13.6. The molecule has 1 spiro atoms. The number of carbonyl (C=O) groups is 1. The van der Waals surface area contributed by atoms with Crippen LogP contribution < -0.4 is 4.90 Å². The first-order chi connectivity index (χ1) is 12.6. The van der Waals surface area contributed by atoms with Crippen LogP contribution >= 0.6 is 11.3 Å². The van der Waals surface area contributed by atoms with Crippen LogP contribution in [0.2, 0.25) is 0 Å². The van der Waals surface area contributed by atoms with Crippen molar-refractivity contribution in [3.05, 3.63) is 46.7 Å². The van der Waals surface area contributed by atoms with Crippen LogP contribution in [0, 0.1) is 5.82 Å². The number of anilines is 1. The van der Waals surface area contributed by atoms with Crippen LogP contribution in [-0.4, -0.2) is 47.6 Å². The average molecular weight is 375 g/mol. The number of benzene rings is 1. The Balaban J connectivity index is 1.46. The molecule has 7 heteroatoms. The van der Waals surface area contributed by atoms with Gasteiger partial charge in [-0.25, -0.2) is 9.37 Å². The number of thiazole rings is 1. The molecule has 0 aliphatic carbocycles. The quantitative estimate of drug-likeness (QED) is 0.827. The number of halogens is 1. The molecule has 0 saturated carbocycles. The Bertz CT molecular complexity index is 770. The number of hydrogen-bond donors (Lipinski definition) is 0. The van der Waals surface area contributed by atoms with Crippen LogP contribution in [0.25, 0.3) is 0 Å². The molecule has 1 unspecified atom stereocenters. The van der Waals surface area contributed by atoms with Crippen LogP contribution in [0.1, 0.15) is 24.3 Å². The first-order valence-electron chi connectivity index (χ1n) is 8.94. The van der Waals surface area contributed by atoms with Gasteiger partial charge in [0.25, 0.3) is 5.91 Å². The molecule has 0 radical (unpaired) electrons. The van der Waals surface area contributed by atoms with Gasteiger partial charge in [0, 0.05) is 23.8 Å². The molecule has 1 aromatic heterocycles. The van der Waals surface area contributed by atoms with Gasteiger partial charge in [-0.15, -0.1) is 11.3 Å². The van der Waals surface area contributed by atoms with E-state index in [4.69, 9.17) is 4.74 Å². The summed E-state index contributed by atoms with van der Waals surface area (Å²) in [7, 11) is 0. The van der Waals surface area contributed by atoms with Gasteiger partial charge in [0.15, 0.2) is 0 Å². The fourth-order valence-corrected chi connectivity index (χ4v) is 4.46. The summed E-state index contributed by atoms with van der Waals surface area (Å²) < 4.78 is 19.6. The van der Waals surface area contributed by atoms with Gasteiger partial charge in [0.05, 0.1) is 18.7 Å². The third kappa shape index (κ3) is 3.79. The SMILES string of the molecule is O=C1COC2(CCCN(Cc3nccs3)CC2)CN1c1cccc(F)c1. The molecular formula is C19H22FN3O2S. The minimum absolute atomic E-state index is 0.0585. The summed E-state index contributed by atoms with van der Waals surface area (Å²) >= 11 is 1.68. The lowest BCUT2D eigenvalue weighted by atomic mass is 9.92.